The van der Waals surface area contributed by atoms with Crippen molar-refractivity contribution in [2.75, 3.05) is 46.6 Å². The van der Waals surface area contributed by atoms with E-state index in [1.165, 1.54) is 7.11 Å². The summed E-state index contributed by atoms with van der Waals surface area (Å²) in [5, 5.41) is 2.66. The van der Waals surface area contributed by atoms with Crippen molar-refractivity contribution < 1.29 is 33.3 Å². The van der Waals surface area contributed by atoms with Crippen LogP contribution in [0.1, 0.15) is 94.9 Å². The van der Waals surface area contributed by atoms with Crippen molar-refractivity contribution in [2.45, 2.75) is 89.3 Å². The second-order valence-corrected chi connectivity index (χ2v) is 15.6. The molecule has 4 aliphatic heterocycles. The Morgan fingerprint density at radius 2 is 1.41 bits per heavy atom. The fourth-order valence-electron chi connectivity index (χ4n) is 8.55. The fourth-order valence-corrected chi connectivity index (χ4v) is 8.55. The maximum Gasteiger partial charge on any atom is 0.407 e. The Kier molecular flexibility index (Phi) is 18.7. The molecular formula is C43H61N7O7S4. The van der Waals surface area contributed by atoms with Gasteiger partial charge in [0.15, 0.2) is 0 Å². The molecule has 4 bridgehead atoms. The first-order valence-electron chi connectivity index (χ1n) is 20.6. The quantitative estimate of drug-likeness (QED) is 0.190. The molecule has 2 fully saturated rings. The number of benzene rings is 2. The number of aromatic nitrogens is 4. The molecule has 0 unspecified atom stereocenters. The lowest BCUT2D eigenvalue weighted by Crippen LogP contribution is -2.50. The highest BCUT2D eigenvalue weighted by Gasteiger charge is 2.37. The topological polar surface area (TPSA) is 164 Å². The Bertz CT molecular complexity index is 2070. The number of H-pyrrole nitrogens is 2. The number of ether oxygens (including phenoxy) is 4. The van der Waals surface area contributed by atoms with Crippen LogP contribution in [0.4, 0.5) is 4.79 Å². The van der Waals surface area contributed by atoms with Crippen LogP contribution in [0.5, 0.6) is 11.6 Å². The second kappa shape index (κ2) is 22.9. The molecule has 2 aromatic heterocycles. The zero-order valence-corrected chi connectivity index (χ0v) is 38.9. The van der Waals surface area contributed by atoms with E-state index in [1.807, 2.05) is 11.0 Å². The summed E-state index contributed by atoms with van der Waals surface area (Å²) in [7, 11) is 1.28. The highest BCUT2D eigenvalue weighted by molar-refractivity contribution is 7.59. The third-order valence-electron chi connectivity index (χ3n) is 11.7. The molecular weight excluding hydrogens is 855 g/mol. The monoisotopic (exact) mass is 915 g/mol. The summed E-state index contributed by atoms with van der Waals surface area (Å²) in [5.74, 6) is 2.79. The van der Waals surface area contributed by atoms with Crippen LogP contribution in [0.2, 0.25) is 0 Å². The first-order valence-corrected chi connectivity index (χ1v) is 20.6. The summed E-state index contributed by atoms with van der Waals surface area (Å²) >= 11 is 0. The van der Waals surface area contributed by atoms with Crippen LogP contribution in [0, 0.1) is 5.92 Å². The molecule has 4 aliphatic rings. The first-order chi connectivity index (χ1) is 27.9. The zero-order chi connectivity index (χ0) is 39.3. The molecule has 14 nitrogen and oxygen atoms in total. The number of carbonyl (C=O) groups is 3. The number of fused-ring (bicyclic) bond motifs is 10. The maximum absolute atomic E-state index is 13.7. The molecule has 18 heteroatoms. The summed E-state index contributed by atoms with van der Waals surface area (Å²) in [6.07, 6.45) is 9.81. The number of aromatic amines is 2. The molecule has 0 spiro atoms. The van der Waals surface area contributed by atoms with Gasteiger partial charge in [0.1, 0.15) is 29.1 Å². The van der Waals surface area contributed by atoms with Crippen molar-refractivity contribution >= 4 is 71.9 Å². The third-order valence-corrected chi connectivity index (χ3v) is 11.7. The number of imidazole rings is 2. The van der Waals surface area contributed by atoms with Crippen LogP contribution in [0.15, 0.2) is 48.7 Å². The van der Waals surface area contributed by atoms with E-state index in [-0.39, 0.29) is 90.4 Å². The minimum atomic E-state index is -0.866. The zero-order valence-electron chi connectivity index (χ0n) is 34.9. The molecule has 6 heterocycles. The molecule has 3 N–H and O–H groups in total. The molecule has 4 atom stereocenters. The van der Waals surface area contributed by atoms with Gasteiger partial charge in [-0.05, 0) is 74.6 Å². The van der Waals surface area contributed by atoms with Gasteiger partial charge in [-0.25, -0.2) is 9.78 Å². The van der Waals surface area contributed by atoms with Gasteiger partial charge in [-0.2, -0.15) is 59.0 Å². The number of amides is 3. The average Bonchev–Trinajstić information content (AvgIpc) is 4.07. The minimum Gasteiger partial charge on any atom is -0.493 e. The second-order valence-electron chi connectivity index (χ2n) is 15.6. The van der Waals surface area contributed by atoms with Gasteiger partial charge >= 0.3 is 6.09 Å². The van der Waals surface area contributed by atoms with Gasteiger partial charge in [0.2, 0.25) is 17.7 Å². The van der Waals surface area contributed by atoms with Crippen molar-refractivity contribution in [2.24, 2.45) is 5.92 Å². The Hall–Kier alpha value is -3.97. The van der Waals surface area contributed by atoms with Crippen molar-refractivity contribution in [1.82, 2.24) is 35.1 Å². The van der Waals surface area contributed by atoms with Crippen molar-refractivity contribution in [3.8, 4) is 45.3 Å². The number of hydrogen-bond donors (Lipinski definition) is 3. The molecule has 0 radical (unpaired) electrons. The van der Waals surface area contributed by atoms with Gasteiger partial charge in [-0.15, -0.1) is 0 Å². The van der Waals surface area contributed by atoms with Crippen LogP contribution < -0.4 is 14.8 Å². The van der Waals surface area contributed by atoms with Crippen LogP contribution in [0.25, 0.3) is 33.6 Å². The van der Waals surface area contributed by atoms with E-state index in [0.29, 0.717) is 44.5 Å². The number of hydrogen-bond acceptors (Lipinski definition) is 9. The lowest BCUT2D eigenvalue weighted by Gasteiger charge is -2.28. The summed E-state index contributed by atoms with van der Waals surface area (Å²) in [6, 6.07) is 13.4. The molecule has 0 aliphatic carbocycles. The fraction of sp³-hybridized carbons (Fsp3) is 0.512. The van der Waals surface area contributed by atoms with Crippen LogP contribution in [-0.2, 0) is 19.1 Å². The molecule has 8 rings (SSSR count). The van der Waals surface area contributed by atoms with E-state index >= 15 is 0 Å². The van der Waals surface area contributed by atoms with Gasteiger partial charge in [0.05, 0.1) is 50.9 Å². The normalized spacial score (nSPS) is 21.9. The summed E-state index contributed by atoms with van der Waals surface area (Å²) in [5.41, 5.74) is 5.49. The van der Waals surface area contributed by atoms with Crippen LogP contribution in [0.3, 0.4) is 0 Å². The van der Waals surface area contributed by atoms with E-state index in [1.54, 1.807) is 11.1 Å². The van der Waals surface area contributed by atoms with Crippen LogP contribution >= 0.6 is 54.0 Å². The summed E-state index contributed by atoms with van der Waals surface area (Å²) < 4.78 is 23.4. The number of carbonyl (C=O) groups excluding carboxylic acids is 3. The molecule has 2 saturated heterocycles. The van der Waals surface area contributed by atoms with Gasteiger partial charge in [0.25, 0.3) is 0 Å². The van der Waals surface area contributed by atoms with E-state index < -0.39 is 12.1 Å². The molecule has 334 valence electrons. The predicted octanol–water partition coefficient (Wildman–Crippen LogP) is 7.41. The predicted molar refractivity (Wildman–Crippen MR) is 254 cm³/mol. The third kappa shape index (κ3) is 11.2. The number of rotatable bonds is 3. The van der Waals surface area contributed by atoms with Crippen LogP contribution in [-0.4, -0.2) is 100 Å². The first kappa shape index (κ1) is 49.7. The maximum atomic E-state index is 13.7. The largest absolute Gasteiger partial charge is 0.493 e. The Morgan fingerprint density at radius 3 is 2.16 bits per heavy atom. The highest BCUT2D eigenvalue weighted by Crippen LogP contribution is 2.40. The van der Waals surface area contributed by atoms with E-state index in [0.717, 1.165) is 110 Å². The molecule has 2 aromatic carbocycles. The Morgan fingerprint density at radius 1 is 0.754 bits per heavy atom. The molecule has 3 amide bonds. The number of nitrogens with one attached hydrogen (secondary N) is 3. The SMILES string of the molecule is COC(=O)N[C@H]1COCCCCOc2cc(-c3ccc(-c4[nH]c5nc4OCCCCC[C@H](C)C(=O)N4CCC[C@@H]54)cc3)ccc2-c2cnc([nH]2)[C@@H]2CCCN2C1=O.S.S.S.S. The summed E-state index contributed by atoms with van der Waals surface area (Å²) in [4.78, 5) is 59.8. The van der Waals surface area contributed by atoms with Gasteiger partial charge in [-0.1, -0.05) is 50.1 Å². The average molecular weight is 916 g/mol. The lowest BCUT2D eigenvalue weighted by atomic mass is 10.00. The minimum absolute atomic E-state index is 0. The van der Waals surface area contributed by atoms with Gasteiger partial charge in [-0.3, -0.25) is 9.59 Å². The molecule has 4 aromatic rings. The Balaban J connectivity index is 0.00000205. The van der Waals surface area contributed by atoms with E-state index in [4.69, 9.17) is 28.9 Å². The van der Waals surface area contributed by atoms with E-state index in [2.05, 4.69) is 58.6 Å². The highest BCUT2D eigenvalue weighted by atomic mass is 32.1. The standard InChI is InChI=1S/C43H53N7O7.4H2S/c1-27-10-4-3-5-23-57-40-37(47-39(48-40)35-12-9-19-49(35)41(27)51)29-15-13-28(14-16-29)30-17-18-31-32-25-44-38(45-32)34-11-8-20-50(34)42(52)33(46-43(53)54-2)26-55-21-6-7-22-56-36(31)24-30;;;;/h13-18,24-25,27,33-35H,3-12,19-23,26H2,1-2H3,(H,44,45)(H,46,53)(H,47,48);4*1H2/t27-,33-,34-,35-;;;;/m0..../s1. The smallest absolute Gasteiger partial charge is 0.407 e. The van der Waals surface area contributed by atoms with E-state index in [9.17, 15) is 14.4 Å². The number of nitrogens with zero attached hydrogens (tertiary/aromatic N) is 4. The number of methoxy groups -OCH3 is 1. The van der Waals surface area contributed by atoms with Gasteiger partial charge in [0, 0.05) is 36.7 Å². The van der Waals surface area contributed by atoms with Crippen molar-refractivity contribution in [1.29, 1.82) is 0 Å². The molecule has 0 saturated carbocycles. The number of alkyl carbamates (subject to hydrolysis) is 1. The van der Waals surface area contributed by atoms with Crippen molar-refractivity contribution in [3.63, 3.8) is 0 Å². The van der Waals surface area contributed by atoms with Gasteiger partial charge < -0.3 is 44.0 Å². The molecule has 61 heavy (non-hydrogen) atoms. The Labute approximate surface area is 385 Å². The summed E-state index contributed by atoms with van der Waals surface area (Å²) in [6.45, 7) is 4.87. The van der Waals surface area contributed by atoms with Crippen molar-refractivity contribution in [3.05, 3.63) is 60.3 Å². The lowest BCUT2D eigenvalue weighted by molar-refractivity contribution is -0.137.